The third kappa shape index (κ3) is 2.46. The largest absolute Gasteiger partial charge is 0.394 e. The lowest BCUT2D eigenvalue weighted by Gasteiger charge is -2.15. The lowest BCUT2D eigenvalue weighted by Crippen LogP contribution is -2.30. The Morgan fingerprint density at radius 1 is 1.24 bits per heavy atom. The van der Waals surface area contributed by atoms with Gasteiger partial charge in [0.2, 0.25) is 0 Å². The molecule has 1 saturated heterocycles. The summed E-state index contributed by atoms with van der Waals surface area (Å²) in [5.74, 6) is 0.273. The molecule has 0 unspecified atom stereocenters. The number of rotatable bonds is 3. The summed E-state index contributed by atoms with van der Waals surface area (Å²) < 4.78 is 21.6. The van der Waals surface area contributed by atoms with Gasteiger partial charge >= 0.3 is 0 Å². The van der Waals surface area contributed by atoms with Crippen LogP contribution in [0.4, 0.5) is 10.2 Å². The molecule has 0 saturated carbocycles. The van der Waals surface area contributed by atoms with Crippen LogP contribution in [0.2, 0.25) is 0 Å². The Bertz CT molecular complexity index is 902. The predicted molar refractivity (Wildman–Crippen MR) is 89.3 cm³/mol. The molecule has 4 rings (SSSR count). The second-order valence-electron chi connectivity index (χ2n) is 5.96. The monoisotopic (exact) mass is 344 g/mol. The molecule has 8 heteroatoms. The zero-order valence-electron chi connectivity index (χ0n) is 13.2. The van der Waals surface area contributed by atoms with Crippen LogP contribution in [0, 0.1) is 0 Å². The highest BCUT2D eigenvalue weighted by molar-refractivity contribution is 6.00. The number of aliphatic hydroxyl groups is 2. The maximum Gasteiger partial charge on any atom is 0.173 e. The molecule has 4 N–H and O–H groups in total. The number of aromatic nitrogens is 3. The SMILES string of the molecule is Nc1ncnc2c1c(-c1ccccc1)cn2[C@@H]1O[C@H](CO)[C@@H](O)[C@@H]1F. The Morgan fingerprint density at radius 2 is 2.00 bits per heavy atom. The summed E-state index contributed by atoms with van der Waals surface area (Å²) in [5, 5.41) is 19.8. The van der Waals surface area contributed by atoms with Gasteiger partial charge in [0.15, 0.2) is 12.4 Å². The van der Waals surface area contributed by atoms with Crippen LogP contribution < -0.4 is 5.73 Å². The fourth-order valence-electron chi connectivity index (χ4n) is 3.22. The van der Waals surface area contributed by atoms with Crippen molar-refractivity contribution in [3.63, 3.8) is 0 Å². The van der Waals surface area contributed by atoms with E-state index in [0.29, 0.717) is 11.0 Å². The van der Waals surface area contributed by atoms with Gasteiger partial charge < -0.3 is 25.3 Å². The number of ether oxygens (including phenoxy) is 1. The van der Waals surface area contributed by atoms with Gasteiger partial charge in [-0.25, -0.2) is 14.4 Å². The van der Waals surface area contributed by atoms with Crippen molar-refractivity contribution in [2.24, 2.45) is 0 Å². The molecule has 1 aliphatic rings. The van der Waals surface area contributed by atoms with Crippen molar-refractivity contribution in [3.05, 3.63) is 42.9 Å². The molecule has 1 fully saturated rings. The molecule has 0 bridgehead atoms. The molecular weight excluding hydrogens is 327 g/mol. The highest BCUT2D eigenvalue weighted by Crippen LogP contribution is 2.39. The molecular formula is C17H17FN4O3. The van der Waals surface area contributed by atoms with Gasteiger partial charge in [-0.15, -0.1) is 0 Å². The number of aliphatic hydroxyl groups excluding tert-OH is 2. The second-order valence-corrected chi connectivity index (χ2v) is 5.96. The van der Waals surface area contributed by atoms with Crippen molar-refractivity contribution in [2.45, 2.75) is 24.6 Å². The number of nitrogens with zero attached hydrogens (tertiary/aromatic N) is 3. The van der Waals surface area contributed by atoms with E-state index < -0.39 is 31.2 Å². The number of fused-ring (bicyclic) bond motifs is 1. The van der Waals surface area contributed by atoms with E-state index >= 15 is 0 Å². The van der Waals surface area contributed by atoms with Crippen LogP contribution in [0.25, 0.3) is 22.2 Å². The highest BCUT2D eigenvalue weighted by Gasteiger charge is 2.45. The molecule has 2 aromatic heterocycles. The standard InChI is InChI=1S/C17H17FN4O3/c18-13-14(24)11(7-23)25-17(13)22-6-10(9-4-2-1-3-5-9)12-15(19)20-8-21-16(12)22/h1-6,8,11,13-14,17,23-24H,7H2,(H2,19,20,21)/t11-,13+,14-,17-/m1/s1. The third-order valence-corrected chi connectivity index (χ3v) is 4.47. The number of hydrogen-bond donors (Lipinski definition) is 3. The van der Waals surface area contributed by atoms with Gasteiger partial charge in [-0.05, 0) is 5.56 Å². The number of benzene rings is 1. The van der Waals surface area contributed by atoms with Crippen LogP contribution in [0.1, 0.15) is 6.23 Å². The van der Waals surface area contributed by atoms with Crippen molar-refractivity contribution in [1.29, 1.82) is 0 Å². The molecule has 4 atom stereocenters. The molecule has 0 radical (unpaired) electrons. The fourth-order valence-corrected chi connectivity index (χ4v) is 3.22. The van der Waals surface area contributed by atoms with E-state index in [1.165, 1.54) is 10.9 Å². The van der Waals surface area contributed by atoms with Crippen LogP contribution in [-0.2, 0) is 4.74 Å². The van der Waals surface area contributed by atoms with Crippen molar-refractivity contribution >= 4 is 16.9 Å². The Morgan fingerprint density at radius 3 is 2.68 bits per heavy atom. The Balaban J connectivity index is 1.90. The Labute approximate surface area is 142 Å². The summed E-state index contributed by atoms with van der Waals surface area (Å²) in [6, 6.07) is 9.46. The second kappa shape index (κ2) is 6.07. The van der Waals surface area contributed by atoms with E-state index in [1.807, 2.05) is 30.3 Å². The quantitative estimate of drug-likeness (QED) is 0.661. The normalized spacial score (nSPS) is 26.4. The van der Waals surface area contributed by atoms with Gasteiger partial charge in [0.1, 0.15) is 30.0 Å². The molecule has 0 aliphatic carbocycles. The van der Waals surface area contributed by atoms with Crippen LogP contribution in [-0.4, -0.2) is 49.7 Å². The van der Waals surface area contributed by atoms with Gasteiger partial charge in [0.25, 0.3) is 0 Å². The van der Waals surface area contributed by atoms with Gasteiger partial charge in [0.05, 0.1) is 12.0 Å². The van der Waals surface area contributed by atoms with Crippen molar-refractivity contribution in [1.82, 2.24) is 14.5 Å². The molecule has 1 aliphatic heterocycles. The topological polar surface area (TPSA) is 106 Å². The van der Waals surface area contributed by atoms with E-state index in [2.05, 4.69) is 9.97 Å². The lowest BCUT2D eigenvalue weighted by atomic mass is 10.1. The highest BCUT2D eigenvalue weighted by atomic mass is 19.1. The number of alkyl halides is 1. The first-order valence-electron chi connectivity index (χ1n) is 7.86. The number of anilines is 1. The lowest BCUT2D eigenvalue weighted by molar-refractivity contribution is -0.0457. The summed E-state index contributed by atoms with van der Waals surface area (Å²) in [6.07, 6.45) is -2.22. The summed E-state index contributed by atoms with van der Waals surface area (Å²) in [5.41, 5.74) is 8.06. The van der Waals surface area contributed by atoms with Crippen LogP contribution in [0.3, 0.4) is 0 Å². The van der Waals surface area contributed by atoms with Gasteiger partial charge in [-0.1, -0.05) is 30.3 Å². The molecule has 1 aromatic carbocycles. The first-order chi connectivity index (χ1) is 12.1. The number of nitrogen functional groups attached to an aromatic ring is 1. The van der Waals surface area contributed by atoms with Crippen molar-refractivity contribution in [2.75, 3.05) is 12.3 Å². The smallest absolute Gasteiger partial charge is 0.173 e. The maximum atomic E-state index is 14.6. The minimum atomic E-state index is -1.70. The average molecular weight is 344 g/mol. The summed E-state index contributed by atoms with van der Waals surface area (Å²) in [4.78, 5) is 8.25. The third-order valence-electron chi connectivity index (χ3n) is 4.47. The Kier molecular flexibility index (Phi) is 3.87. The summed E-state index contributed by atoms with van der Waals surface area (Å²) >= 11 is 0. The summed E-state index contributed by atoms with van der Waals surface area (Å²) in [6.45, 7) is -0.472. The molecule has 0 amide bonds. The zero-order chi connectivity index (χ0) is 17.6. The minimum absolute atomic E-state index is 0.273. The first-order valence-corrected chi connectivity index (χ1v) is 7.86. The van der Waals surface area contributed by atoms with E-state index in [-0.39, 0.29) is 5.82 Å². The minimum Gasteiger partial charge on any atom is -0.394 e. The Hall–Kier alpha value is -2.55. The van der Waals surface area contributed by atoms with Crippen molar-refractivity contribution < 1.29 is 19.3 Å². The van der Waals surface area contributed by atoms with Crippen LogP contribution in [0.5, 0.6) is 0 Å². The molecule has 7 nitrogen and oxygen atoms in total. The fraction of sp³-hybridized carbons (Fsp3) is 0.294. The van der Waals surface area contributed by atoms with E-state index in [1.54, 1.807) is 6.20 Å². The number of nitrogens with two attached hydrogens (primary N) is 1. The molecule has 3 aromatic rings. The predicted octanol–water partition coefficient (Wildman–Crippen LogP) is 1.27. The maximum absolute atomic E-state index is 14.6. The van der Waals surface area contributed by atoms with E-state index in [4.69, 9.17) is 10.5 Å². The van der Waals surface area contributed by atoms with Gasteiger partial charge in [-0.3, -0.25) is 0 Å². The first kappa shape index (κ1) is 15.9. The number of hydrogen-bond acceptors (Lipinski definition) is 6. The van der Waals surface area contributed by atoms with E-state index in [9.17, 15) is 14.6 Å². The molecule has 0 spiro atoms. The van der Waals surface area contributed by atoms with E-state index in [0.717, 1.165) is 11.1 Å². The molecule has 130 valence electrons. The number of halogens is 1. The summed E-state index contributed by atoms with van der Waals surface area (Å²) in [7, 11) is 0. The molecule has 3 heterocycles. The van der Waals surface area contributed by atoms with Gasteiger partial charge in [0, 0.05) is 11.8 Å². The van der Waals surface area contributed by atoms with Crippen molar-refractivity contribution in [3.8, 4) is 11.1 Å². The molecule has 25 heavy (non-hydrogen) atoms. The van der Waals surface area contributed by atoms with Crippen LogP contribution in [0.15, 0.2) is 42.9 Å². The average Bonchev–Trinajstić information content (AvgIpc) is 3.15. The van der Waals surface area contributed by atoms with Crippen LogP contribution >= 0.6 is 0 Å². The zero-order valence-corrected chi connectivity index (χ0v) is 13.2. The van der Waals surface area contributed by atoms with Gasteiger partial charge in [-0.2, -0.15) is 0 Å².